The Labute approximate surface area is 114 Å². The fourth-order valence-electron chi connectivity index (χ4n) is 1.60. The van der Waals surface area contributed by atoms with Gasteiger partial charge in [0, 0.05) is 5.69 Å². The third-order valence-corrected chi connectivity index (χ3v) is 2.96. The molecule has 0 unspecified atom stereocenters. The number of rotatable bonds is 2. The van der Waals surface area contributed by atoms with E-state index in [9.17, 15) is 13.6 Å². The molecule has 5 heteroatoms. The Balaban J connectivity index is 2.31. The molecule has 0 fully saturated rings. The van der Waals surface area contributed by atoms with Crippen molar-refractivity contribution in [3.8, 4) is 0 Å². The molecule has 1 N–H and O–H groups in total. The molecule has 0 aromatic heterocycles. The van der Waals surface area contributed by atoms with Crippen molar-refractivity contribution >= 4 is 23.2 Å². The van der Waals surface area contributed by atoms with E-state index in [1.54, 1.807) is 12.1 Å². The number of nitrogens with one attached hydrogen (secondary N) is 1. The van der Waals surface area contributed by atoms with Gasteiger partial charge in [-0.2, -0.15) is 0 Å². The Morgan fingerprint density at radius 1 is 1.16 bits per heavy atom. The fraction of sp³-hybridized carbons (Fsp3) is 0.0714. The lowest BCUT2D eigenvalue weighted by atomic mass is 10.1. The third-order valence-electron chi connectivity index (χ3n) is 2.65. The van der Waals surface area contributed by atoms with Crippen LogP contribution < -0.4 is 5.32 Å². The smallest absolute Gasteiger partial charge is 0.257 e. The molecule has 2 nitrogen and oxygen atoms in total. The van der Waals surface area contributed by atoms with Crippen LogP contribution in [0.15, 0.2) is 36.4 Å². The second kappa shape index (κ2) is 5.36. The molecule has 0 saturated heterocycles. The highest BCUT2D eigenvalue weighted by Gasteiger charge is 2.15. The number of carbonyl (C=O) groups excluding carboxylic acids is 1. The number of halogens is 3. The molecule has 2 aromatic carbocycles. The summed E-state index contributed by atoms with van der Waals surface area (Å²) < 4.78 is 26.0. The Bertz CT molecular complexity index is 643. The molecule has 2 aromatic rings. The van der Waals surface area contributed by atoms with E-state index in [1.165, 1.54) is 0 Å². The maximum absolute atomic E-state index is 13.1. The summed E-state index contributed by atoms with van der Waals surface area (Å²) in [5, 5.41) is 2.47. The molecule has 1 amide bonds. The number of hydrogen-bond acceptors (Lipinski definition) is 1. The van der Waals surface area contributed by atoms with Gasteiger partial charge in [0.2, 0.25) is 0 Å². The molecule has 19 heavy (non-hydrogen) atoms. The number of benzene rings is 2. The predicted molar refractivity (Wildman–Crippen MR) is 70.5 cm³/mol. The van der Waals surface area contributed by atoms with Crippen molar-refractivity contribution in [3.63, 3.8) is 0 Å². The molecule has 0 atom stereocenters. The minimum absolute atomic E-state index is 0.108. The molecule has 0 heterocycles. The molecule has 2 rings (SSSR count). The van der Waals surface area contributed by atoms with E-state index in [4.69, 9.17) is 11.6 Å². The highest BCUT2D eigenvalue weighted by molar-refractivity contribution is 6.34. The van der Waals surface area contributed by atoms with Crippen molar-refractivity contribution in [2.45, 2.75) is 6.92 Å². The molecular weight excluding hydrogens is 272 g/mol. The Morgan fingerprint density at radius 3 is 2.47 bits per heavy atom. The summed E-state index contributed by atoms with van der Waals surface area (Å²) in [7, 11) is 0. The van der Waals surface area contributed by atoms with Crippen molar-refractivity contribution in [2.24, 2.45) is 0 Å². The Kier molecular flexibility index (Phi) is 3.81. The van der Waals surface area contributed by atoms with Crippen LogP contribution >= 0.6 is 11.6 Å². The molecule has 0 spiro atoms. The molecular formula is C14H10ClF2NO. The lowest BCUT2D eigenvalue weighted by Crippen LogP contribution is -2.14. The highest BCUT2D eigenvalue weighted by Crippen LogP contribution is 2.22. The van der Waals surface area contributed by atoms with E-state index >= 15 is 0 Å². The van der Waals surface area contributed by atoms with Crippen LogP contribution in [0, 0.1) is 18.6 Å². The van der Waals surface area contributed by atoms with E-state index in [-0.39, 0.29) is 10.6 Å². The van der Waals surface area contributed by atoms with Gasteiger partial charge >= 0.3 is 0 Å². The van der Waals surface area contributed by atoms with Crippen LogP contribution in [-0.2, 0) is 0 Å². The highest BCUT2D eigenvalue weighted by atomic mass is 35.5. The lowest BCUT2D eigenvalue weighted by molar-refractivity contribution is 0.102. The van der Waals surface area contributed by atoms with Gasteiger partial charge in [-0.3, -0.25) is 4.79 Å². The number of para-hydroxylation sites is 1. The Morgan fingerprint density at radius 2 is 1.79 bits per heavy atom. The van der Waals surface area contributed by atoms with E-state index < -0.39 is 17.5 Å². The molecule has 0 aliphatic carbocycles. The first kappa shape index (κ1) is 13.5. The molecule has 0 saturated carbocycles. The summed E-state index contributed by atoms with van der Waals surface area (Å²) in [5.74, 6) is -2.78. The third kappa shape index (κ3) is 2.90. The summed E-state index contributed by atoms with van der Waals surface area (Å²) >= 11 is 5.73. The lowest BCUT2D eigenvalue weighted by Gasteiger charge is -2.09. The number of aryl methyl sites for hydroxylation is 1. The first-order chi connectivity index (χ1) is 8.99. The zero-order valence-electron chi connectivity index (χ0n) is 10.0. The quantitative estimate of drug-likeness (QED) is 0.822. The number of anilines is 1. The summed E-state index contributed by atoms with van der Waals surface area (Å²) in [6, 6.07) is 8.68. The number of amides is 1. The average molecular weight is 282 g/mol. The standard InChI is InChI=1S/C14H10ClF2NO/c1-8-4-2-3-5-13(8)18-14(19)9-6-11(16)12(17)7-10(9)15/h2-7H,1H3,(H,18,19). The van der Waals surface area contributed by atoms with Crippen LogP contribution in [0.3, 0.4) is 0 Å². The van der Waals surface area contributed by atoms with Crippen LogP contribution in [0.25, 0.3) is 0 Å². The van der Waals surface area contributed by atoms with Gasteiger partial charge in [-0.25, -0.2) is 8.78 Å². The van der Waals surface area contributed by atoms with E-state index in [0.29, 0.717) is 5.69 Å². The molecule has 0 radical (unpaired) electrons. The van der Waals surface area contributed by atoms with Crippen molar-refractivity contribution in [3.05, 3.63) is 64.2 Å². The molecule has 98 valence electrons. The van der Waals surface area contributed by atoms with Crippen molar-refractivity contribution < 1.29 is 13.6 Å². The van der Waals surface area contributed by atoms with Crippen molar-refractivity contribution in [1.29, 1.82) is 0 Å². The largest absolute Gasteiger partial charge is 0.322 e. The van der Waals surface area contributed by atoms with Gasteiger partial charge in [-0.15, -0.1) is 0 Å². The molecule has 0 aliphatic heterocycles. The summed E-state index contributed by atoms with van der Waals surface area (Å²) in [4.78, 5) is 12.0. The minimum Gasteiger partial charge on any atom is -0.322 e. The van der Waals surface area contributed by atoms with Gasteiger partial charge in [0.25, 0.3) is 5.91 Å². The summed E-state index contributed by atoms with van der Waals surface area (Å²) in [6.45, 7) is 1.82. The van der Waals surface area contributed by atoms with Crippen LogP contribution in [-0.4, -0.2) is 5.91 Å². The monoisotopic (exact) mass is 281 g/mol. The maximum atomic E-state index is 13.1. The van der Waals surface area contributed by atoms with Gasteiger partial charge in [-0.05, 0) is 30.7 Å². The topological polar surface area (TPSA) is 29.1 Å². The zero-order valence-corrected chi connectivity index (χ0v) is 10.8. The first-order valence-electron chi connectivity index (χ1n) is 5.50. The van der Waals surface area contributed by atoms with E-state index in [1.807, 2.05) is 19.1 Å². The second-order valence-electron chi connectivity index (χ2n) is 4.02. The first-order valence-corrected chi connectivity index (χ1v) is 5.88. The predicted octanol–water partition coefficient (Wildman–Crippen LogP) is 4.18. The SMILES string of the molecule is Cc1ccccc1NC(=O)c1cc(F)c(F)cc1Cl. The molecule has 0 bridgehead atoms. The van der Waals surface area contributed by atoms with Crippen LogP contribution in [0.5, 0.6) is 0 Å². The van der Waals surface area contributed by atoms with Crippen LogP contribution in [0.2, 0.25) is 5.02 Å². The van der Waals surface area contributed by atoms with Gasteiger partial charge in [-0.1, -0.05) is 29.8 Å². The van der Waals surface area contributed by atoms with E-state index in [2.05, 4.69) is 5.32 Å². The zero-order chi connectivity index (χ0) is 14.0. The number of carbonyl (C=O) groups is 1. The normalized spacial score (nSPS) is 10.3. The van der Waals surface area contributed by atoms with Gasteiger partial charge in [0.15, 0.2) is 11.6 Å². The Hall–Kier alpha value is -1.94. The van der Waals surface area contributed by atoms with Gasteiger partial charge < -0.3 is 5.32 Å². The molecule has 0 aliphatic rings. The van der Waals surface area contributed by atoms with Crippen molar-refractivity contribution in [2.75, 3.05) is 5.32 Å². The second-order valence-corrected chi connectivity index (χ2v) is 4.42. The number of hydrogen-bond donors (Lipinski definition) is 1. The summed E-state index contributed by atoms with van der Waals surface area (Å²) in [5.41, 5.74) is 1.34. The summed E-state index contributed by atoms with van der Waals surface area (Å²) in [6.07, 6.45) is 0. The van der Waals surface area contributed by atoms with Gasteiger partial charge in [0.05, 0.1) is 10.6 Å². The fourth-order valence-corrected chi connectivity index (χ4v) is 1.84. The maximum Gasteiger partial charge on any atom is 0.257 e. The average Bonchev–Trinajstić information content (AvgIpc) is 2.36. The van der Waals surface area contributed by atoms with Crippen LogP contribution in [0.4, 0.5) is 14.5 Å². The van der Waals surface area contributed by atoms with Crippen molar-refractivity contribution in [1.82, 2.24) is 0 Å². The van der Waals surface area contributed by atoms with Gasteiger partial charge in [0.1, 0.15) is 0 Å². The minimum atomic E-state index is -1.11. The van der Waals surface area contributed by atoms with E-state index in [0.717, 1.165) is 17.7 Å². The van der Waals surface area contributed by atoms with Crippen LogP contribution in [0.1, 0.15) is 15.9 Å².